The van der Waals surface area contributed by atoms with Crippen LogP contribution in [-0.4, -0.2) is 7.64 Å². The third-order valence-corrected chi connectivity index (χ3v) is 9.02. The third-order valence-electron chi connectivity index (χ3n) is 7.02. The van der Waals surface area contributed by atoms with Crippen molar-refractivity contribution in [1.82, 2.24) is 0 Å². The fourth-order valence-corrected chi connectivity index (χ4v) is 7.34. The van der Waals surface area contributed by atoms with Crippen molar-refractivity contribution < 1.29 is 0 Å². The SMILES string of the molecule is Brc1ccc2ccc3c(Br)cc(Br)c4ccc1c2c34.[B]=NS.c1cc2ccc3cccc4ccc(c1)c2c34. The van der Waals surface area contributed by atoms with Crippen molar-refractivity contribution in [2.24, 2.45) is 4.30 Å². The maximum atomic E-state index is 4.34. The molecule has 8 rings (SSSR count). The van der Waals surface area contributed by atoms with Crippen LogP contribution in [-0.2, 0) is 0 Å². The predicted octanol–water partition coefficient (Wildman–Crippen LogP) is 11.6. The standard InChI is InChI=1S/C16H7Br3.C16H10.BHNS/c17-12-6-2-8-1-3-10-13(18)7-14(19)11-5-4-9(12)15(8)16(10)11;1-3-11-7-9-13-5-2-6-14-10-8-12(4-1)15(11)16(13)14;1-2-3/h1-7H;1-10H;3H. The molecule has 0 aromatic heterocycles. The first-order chi connectivity index (χ1) is 18.5. The zero-order valence-corrected chi connectivity index (χ0v) is 25.6. The molecule has 181 valence electrons. The first kappa shape index (κ1) is 25.8. The molecular formula is C32H18BBr3NS. The summed E-state index contributed by atoms with van der Waals surface area (Å²) in [4.78, 5) is 0. The van der Waals surface area contributed by atoms with Gasteiger partial charge in [-0.1, -0.05) is 139 Å². The Morgan fingerprint density at radius 2 is 0.789 bits per heavy atom. The Balaban J connectivity index is 0.000000128. The van der Waals surface area contributed by atoms with Gasteiger partial charge < -0.3 is 0 Å². The fraction of sp³-hybridized carbons (Fsp3) is 0. The molecule has 0 aliphatic rings. The van der Waals surface area contributed by atoms with E-state index in [1.54, 1.807) is 0 Å². The van der Waals surface area contributed by atoms with Crippen molar-refractivity contribution in [3.05, 3.63) is 117 Å². The van der Waals surface area contributed by atoms with E-state index in [1.165, 1.54) is 64.6 Å². The van der Waals surface area contributed by atoms with Crippen molar-refractivity contribution in [3.63, 3.8) is 0 Å². The number of hydrogen-bond acceptors (Lipinski definition) is 2. The molecular weight excluding hydrogens is 681 g/mol. The Kier molecular flexibility index (Phi) is 7.17. The monoisotopic (exact) mass is 696 g/mol. The van der Waals surface area contributed by atoms with E-state index in [1.807, 2.05) is 0 Å². The quantitative estimate of drug-likeness (QED) is 0.0919. The van der Waals surface area contributed by atoms with Crippen molar-refractivity contribution in [2.45, 2.75) is 0 Å². The van der Waals surface area contributed by atoms with E-state index in [0.717, 1.165) is 13.4 Å². The van der Waals surface area contributed by atoms with Crippen LogP contribution in [0.25, 0.3) is 64.6 Å². The second-order valence-electron chi connectivity index (χ2n) is 9.04. The molecule has 0 aliphatic carbocycles. The molecule has 0 saturated heterocycles. The van der Waals surface area contributed by atoms with Gasteiger partial charge in [-0.25, -0.2) is 0 Å². The molecule has 0 fully saturated rings. The minimum atomic E-state index is 1.13. The first-order valence-corrected chi connectivity index (χ1v) is 14.7. The summed E-state index contributed by atoms with van der Waals surface area (Å²) in [5.74, 6) is 0. The van der Waals surface area contributed by atoms with E-state index in [4.69, 9.17) is 0 Å². The maximum Gasteiger partial charge on any atom is -0.00268 e. The number of thiol groups is 1. The normalized spacial score (nSPS) is 11.2. The molecule has 0 spiro atoms. The molecule has 0 atom stereocenters. The molecule has 1 nitrogen and oxygen atoms in total. The van der Waals surface area contributed by atoms with Crippen LogP contribution in [0.15, 0.2) is 121 Å². The maximum absolute atomic E-state index is 4.34. The van der Waals surface area contributed by atoms with E-state index < -0.39 is 0 Å². The molecule has 0 unspecified atom stereocenters. The number of nitrogens with zero attached hydrogens (tertiary/aromatic N) is 1. The molecule has 0 amide bonds. The molecule has 38 heavy (non-hydrogen) atoms. The molecule has 8 aromatic rings. The zero-order chi connectivity index (χ0) is 26.4. The van der Waals surface area contributed by atoms with Gasteiger partial charge in [0.25, 0.3) is 0 Å². The zero-order valence-electron chi connectivity index (χ0n) is 19.9. The summed E-state index contributed by atoms with van der Waals surface area (Å²) >= 11 is 14.2. The Morgan fingerprint density at radius 3 is 1.26 bits per heavy atom. The van der Waals surface area contributed by atoms with Gasteiger partial charge in [0, 0.05) is 13.4 Å². The average molecular weight is 699 g/mol. The third kappa shape index (κ3) is 4.32. The van der Waals surface area contributed by atoms with E-state index in [-0.39, 0.29) is 0 Å². The van der Waals surface area contributed by atoms with Crippen LogP contribution < -0.4 is 0 Å². The number of halogens is 3. The Hall–Kier alpha value is -2.51. The summed E-state index contributed by atoms with van der Waals surface area (Å²) in [6.45, 7) is 0. The van der Waals surface area contributed by atoms with E-state index in [0.29, 0.717) is 0 Å². The smallest absolute Gasteiger partial charge is 0.00268 e. The second kappa shape index (κ2) is 10.6. The molecule has 0 saturated carbocycles. The summed E-state index contributed by atoms with van der Waals surface area (Å²) in [7, 11) is 4.34. The van der Waals surface area contributed by atoms with Gasteiger partial charge in [-0.15, -0.1) is 0 Å². The van der Waals surface area contributed by atoms with E-state index >= 15 is 0 Å². The van der Waals surface area contributed by atoms with Crippen molar-refractivity contribution in [3.8, 4) is 0 Å². The van der Waals surface area contributed by atoms with Crippen LogP contribution in [0.5, 0.6) is 0 Å². The summed E-state index contributed by atoms with van der Waals surface area (Å²) in [5.41, 5.74) is 0. The molecule has 0 heterocycles. The Morgan fingerprint density at radius 1 is 0.447 bits per heavy atom. The summed E-state index contributed by atoms with van der Waals surface area (Å²) < 4.78 is 6.09. The van der Waals surface area contributed by atoms with E-state index in [2.05, 4.69) is 176 Å². The number of benzene rings is 8. The van der Waals surface area contributed by atoms with Gasteiger partial charge in [0.2, 0.25) is 0 Å². The van der Waals surface area contributed by atoms with Gasteiger partial charge in [0.1, 0.15) is 0 Å². The fourth-order valence-electron chi connectivity index (χ4n) is 5.45. The van der Waals surface area contributed by atoms with Crippen LogP contribution >= 0.6 is 60.6 Å². The molecule has 0 N–H and O–H groups in total. The van der Waals surface area contributed by atoms with E-state index in [9.17, 15) is 0 Å². The van der Waals surface area contributed by atoms with Gasteiger partial charge in [-0.3, -0.25) is 0 Å². The first-order valence-electron chi connectivity index (χ1n) is 11.9. The molecule has 6 heteroatoms. The number of rotatable bonds is 0. The van der Waals surface area contributed by atoms with Crippen LogP contribution in [0, 0.1) is 0 Å². The van der Waals surface area contributed by atoms with Gasteiger partial charge in [-0.05, 0) is 76.8 Å². The van der Waals surface area contributed by atoms with Crippen molar-refractivity contribution in [2.75, 3.05) is 0 Å². The largest absolute Gasteiger partial charge is 0.0610 e. The summed E-state index contributed by atoms with van der Waals surface area (Å²) in [5, 5.41) is 15.8. The van der Waals surface area contributed by atoms with Crippen LogP contribution in [0.2, 0.25) is 0 Å². The summed E-state index contributed by atoms with van der Waals surface area (Å²) in [6.07, 6.45) is 0. The molecule has 0 bridgehead atoms. The molecule has 0 aliphatic heterocycles. The minimum Gasteiger partial charge on any atom is -0.0610 e. The van der Waals surface area contributed by atoms with Gasteiger partial charge in [0.05, 0.1) is 0 Å². The molecule has 1 radical (unpaired) electrons. The van der Waals surface area contributed by atoms with Gasteiger partial charge in [-0.2, -0.15) is 0 Å². The summed E-state index contributed by atoms with van der Waals surface area (Å²) in [6, 6.07) is 37.0. The van der Waals surface area contributed by atoms with Gasteiger partial charge in [0.15, 0.2) is 0 Å². The van der Waals surface area contributed by atoms with Crippen LogP contribution in [0.1, 0.15) is 0 Å². The topological polar surface area (TPSA) is 12.4 Å². The minimum absolute atomic E-state index is 1.13. The Labute approximate surface area is 251 Å². The van der Waals surface area contributed by atoms with Crippen LogP contribution in [0.3, 0.4) is 0 Å². The number of hydrogen-bond donors (Lipinski definition) is 1. The van der Waals surface area contributed by atoms with Crippen molar-refractivity contribution >= 4 is 133 Å². The Bertz CT molecular complexity index is 1960. The van der Waals surface area contributed by atoms with Crippen molar-refractivity contribution in [1.29, 1.82) is 0 Å². The second-order valence-corrected chi connectivity index (χ2v) is 11.8. The predicted molar refractivity (Wildman–Crippen MR) is 181 cm³/mol. The van der Waals surface area contributed by atoms with Gasteiger partial charge >= 0.3 is 24.8 Å². The average Bonchev–Trinajstić information content (AvgIpc) is 2.94. The molecule has 8 aromatic carbocycles. The van der Waals surface area contributed by atoms with Crippen LogP contribution in [0.4, 0.5) is 0 Å².